The lowest BCUT2D eigenvalue weighted by molar-refractivity contribution is 0.479. The number of hydrogen-bond acceptors (Lipinski definition) is 3. The van der Waals surface area contributed by atoms with Gasteiger partial charge in [0.05, 0.1) is 5.69 Å². The van der Waals surface area contributed by atoms with Crippen LogP contribution >= 0.6 is 0 Å². The Kier molecular flexibility index (Phi) is 6.69. The number of rotatable bonds is 2. The van der Waals surface area contributed by atoms with E-state index in [2.05, 4.69) is 10.3 Å². The highest BCUT2D eigenvalue weighted by Crippen LogP contribution is 2.21. The van der Waals surface area contributed by atoms with Crippen molar-refractivity contribution in [1.82, 2.24) is 4.98 Å². The Balaban J connectivity index is 1.87. The zero-order valence-electron chi connectivity index (χ0n) is 12.6. The van der Waals surface area contributed by atoms with Gasteiger partial charge in [0.15, 0.2) is 0 Å². The maximum absolute atomic E-state index is 5.98. The average Bonchev–Trinajstić information content (AvgIpc) is 2.44. The van der Waals surface area contributed by atoms with Gasteiger partial charge < -0.3 is 11.1 Å². The molecule has 0 aliphatic heterocycles. The van der Waals surface area contributed by atoms with Crippen molar-refractivity contribution in [2.45, 2.75) is 76.7 Å². The van der Waals surface area contributed by atoms with Gasteiger partial charge in [0.2, 0.25) is 0 Å². The van der Waals surface area contributed by atoms with Gasteiger partial charge in [-0.15, -0.1) is 0 Å². The minimum Gasteiger partial charge on any atom is -0.396 e. The third kappa shape index (κ3) is 5.40. The molecule has 3 nitrogen and oxygen atoms in total. The second-order valence-corrected chi connectivity index (χ2v) is 6.04. The summed E-state index contributed by atoms with van der Waals surface area (Å²) in [6, 6.07) is 4.35. The van der Waals surface area contributed by atoms with Crippen LogP contribution in [0.1, 0.15) is 70.6 Å². The standard InChI is InChI=1S/C17H29N3/c18-16-13-10-14-19-17(16)20-15-11-8-6-4-2-1-3-5-7-9-12-15/h10,13-15H,1-9,11-12,18H2,(H,19,20). The Morgan fingerprint density at radius 3 is 2.00 bits per heavy atom. The van der Waals surface area contributed by atoms with Crippen molar-refractivity contribution in [2.24, 2.45) is 0 Å². The Morgan fingerprint density at radius 1 is 0.900 bits per heavy atom. The summed E-state index contributed by atoms with van der Waals surface area (Å²) >= 11 is 0. The summed E-state index contributed by atoms with van der Waals surface area (Å²) in [7, 11) is 0. The molecule has 3 heteroatoms. The third-order valence-corrected chi connectivity index (χ3v) is 4.28. The molecule has 1 aromatic rings. The Morgan fingerprint density at radius 2 is 1.45 bits per heavy atom. The molecular formula is C17H29N3. The lowest BCUT2D eigenvalue weighted by atomic mass is 9.98. The topological polar surface area (TPSA) is 50.9 Å². The van der Waals surface area contributed by atoms with Crippen molar-refractivity contribution < 1.29 is 0 Å². The Hall–Kier alpha value is -1.25. The molecule has 112 valence electrons. The second kappa shape index (κ2) is 8.83. The molecule has 1 aliphatic rings. The van der Waals surface area contributed by atoms with Crippen molar-refractivity contribution in [2.75, 3.05) is 11.1 Å². The third-order valence-electron chi connectivity index (χ3n) is 4.28. The molecule has 1 saturated carbocycles. The molecule has 3 N–H and O–H groups in total. The smallest absolute Gasteiger partial charge is 0.149 e. The van der Waals surface area contributed by atoms with Crippen LogP contribution in [0.25, 0.3) is 0 Å². The molecule has 0 unspecified atom stereocenters. The van der Waals surface area contributed by atoms with Crippen LogP contribution in [0.5, 0.6) is 0 Å². The summed E-state index contributed by atoms with van der Waals surface area (Å²) in [5.41, 5.74) is 6.75. The molecule has 0 aromatic carbocycles. The number of nitrogen functional groups attached to an aromatic ring is 1. The van der Waals surface area contributed by atoms with E-state index in [1.54, 1.807) is 0 Å². The molecular weight excluding hydrogens is 246 g/mol. The van der Waals surface area contributed by atoms with Gasteiger partial charge in [0.25, 0.3) is 0 Å². The summed E-state index contributed by atoms with van der Waals surface area (Å²) < 4.78 is 0. The van der Waals surface area contributed by atoms with Gasteiger partial charge in [0.1, 0.15) is 5.82 Å². The molecule has 0 bridgehead atoms. The average molecular weight is 275 g/mol. The molecule has 2 rings (SSSR count). The minimum atomic E-state index is 0.534. The molecule has 1 fully saturated rings. The maximum Gasteiger partial charge on any atom is 0.149 e. The zero-order valence-corrected chi connectivity index (χ0v) is 12.6. The van der Waals surface area contributed by atoms with Crippen LogP contribution in [0.15, 0.2) is 18.3 Å². The fourth-order valence-corrected chi connectivity index (χ4v) is 3.04. The van der Waals surface area contributed by atoms with E-state index in [1.165, 1.54) is 70.6 Å². The van der Waals surface area contributed by atoms with Gasteiger partial charge in [-0.3, -0.25) is 0 Å². The van der Waals surface area contributed by atoms with Crippen LogP contribution in [0.2, 0.25) is 0 Å². The summed E-state index contributed by atoms with van der Waals surface area (Å²) in [6.45, 7) is 0. The SMILES string of the molecule is Nc1cccnc1NC1CCCCCCCCCCC1. The van der Waals surface area contributed by atoms with Crippen molar-refractivity contribution >= 4 is 11.5 Å². The lowest BCUT2D eigenvalue weighted by Crippen LogP contribution is -2.21. The second-order valence-electron chi connectivity index (χ2n) is 6.04. The van der Waals surface area contributed by atoms with E-state index in [1.807, 2.05) is 18.3 Å². The summed E-state index contributed by atoms with van der Waals surface area (Å²) in [4.78, 5) is 4.37. The predicted molar refractivity (Wildman–Crippen MR) is 86.8 cm³/mol. The predicted octanol–water partition coefficient (Wildman–Crippen LogP) is 4.75. The first-order chi connectivity index (χ1) is 9.86. The van der Waals surface area contributed by atoms with E-state index in [0.717, 1.165) is 11.5 Å². The van der Waals surface area contributed by atoms with Crippen LogP contribution < -0.4 is 11.1 Å². The van der Waals surface area contributed by atoms with E-state index < -0.39 is 0 Å². The Labute approximate surface area is 123 Å². The largest absolute Gasteiger partial charge is 0.396 e. The number of hydrogen-bond donors (Lipinski definition) is 2. The van der Waals surface area contributed by atoms with Gasteiger partial charge in [-0.2, -0.15) is 0 Å². The van der Waals surface area contributed by atoms with Crippen molar-refractivity contribution in [1.29, 1.82) is 0 Å². The normalized spacial score (nSPS) is 19.8. The summed E-state index contributed by atoms with van der Waals surface area (Å²) in [6.07, 6.45) is 16.8. The number of nitrogens with one attached hydrogen (secondary N) is 1. The van der Waals surface area contributed by atoms with Crippen LogP contribution in [0, 0.1) is 0 Å². The number of pyridine rings is 1. The monoisotopic (exact) mass is 275 g/mol. The number of nitrogens with two attached hydrogens (primary N) is 1. The molecule has 20 heavy (non-hydrogen) atoms. The van der Waals surface area contributed by atoms with Crippen LogP contribution in [-0.4, -0.2) is 11.0 Å². The van der Waals surface area contributed by atoms with Gasteiger partial charge in [0, 0.05) is 12.2 Å². The van der Waals surface area contributed by atoms with E-state index in [-0.39, 0.29) is 0 Å². The highest BCUT2D eigenvalue weighted by molar-refractivity contribution is 5.60. The van der Waals surface area contributed by atoms with Crippen LogP contribution in [-0.2, 0) is 0 Å². The number of anilines is 2. The molecule has 0 amide bonds. The van der Waals surface area contributed by atoms with E-state index >= 15 is 0 Å². The molecule has 0 saturated heterocycles. The lowest BCUT2D eigenvalue weighted by Gasteiger charge is -2.20. The summed E-state index contributed by atoms with van der Waals surface area (Å²) in [5.74, 6) is 0.865. The minimum absolute atomic E-state index is 0.534. The highest BCUT2D eigenvalue weighted by atomic mass is 15.0. The van der Waals surface area contributed by atoms with E-state index in [9.17, 15) is 0 Å². The van der Waals surface area contributed by atoms with Crippen molar-refractivity contribution in [3.8, 4) is 0 Å². The van der Waals surface area contributed by atoms with Crippen molar-refractivity contribution in [3.63, 3.8) is 0 Å². The molecule has 1 aliphatic carbocycles. The van der Waals surface area contributed by atoms with E-state index in [0.29, 0.717) is 6.04 Å². The number of aromatic nitrogens is 1. The van der Waals surface area contributed by atoms with Gasteiger partial charge in [-0.25, -0.2) is 4.98 Å². The van der Waals surface area contributed by atoms with Gasteiger partial charge in [-0.1, -0.05) is 57.8 Å². The molecule has 0 spiro atoms. The first-order valence-corrected chi connectivity index (χ1v) is 8.33. The maximum atomic E-state index is 5.98. The first-order valence-electron chi connectivity index (χ1n) is 8.33. The van der Waals surface area contributed by atoms with Gasteiger partial charge >= 0.3 is 0 Å². The molecule has 0 atom stereocenters. The first kappa shape index (κ1) is 15.1. The van der Waals surface area contributed by atoms with Crippen LogP contribution in [0.4, 0.5) is 11.5 Å². The number of nitrogens with zero attached hydrogens (tertiary/aromatic N) is 1. The zero-order chi connectivity index (χ0) is 14.0. The highest BCUT2D eigenvalue weighted by Gasteiger charge is 2.11. The molecule has 1 heterocycles. The van der Waals surface area contributed by atoms with E-state index in [4.69, 9.17) is 5.73 Å². The van der Waals surface area contributed by atoms with Crippen LogP contribution in [0.3, 0.4) is 0 Å². The molecule has 0 radical (unpaired) electrons. The quantitative estimate of drug-likeness (QED) is 0.819. The summed E-state index contributed by atoms with van der Waals surface area (Å²) in [5, 5.41) is 3.57. The van der Waals surface area contributed by atoms with Gasteiger partial charge in [-0.05, 0) is 25.0 Å². The van der Waals surface area contributed by atoms with Crippen molar-refractivity contribution in [3.05, 3.63) is 18.3 Å². The fraction of sp³-hybridized carbons (Fsp3) is 0.706. The Bertz CT molecular complexity index is 366. The fourth-order valence-electron chi connectivity index (χ4n) is 3.04. The molecule has 1 aromatic heterocycles.